The molecule has 0 fully saturated rings. The van der Waals surface area contributed by atoms with Gasteiger partial charge in [0, 0.05) is 11.6 Å². The van der Waals surface area contributed by atoms with E-state index in [0.717, 1.165) is 14.5 Å². The molecule has 0 spiro atoms. The molecule has 1 aromatic carbocycles. The number of rotatable bonds is 2. The maximum atomic E-state index is 7.70. The zero-order chi connectivity index (χ0) is 13.4. The van der Waals surface area contributed by atoms with Crippen molar-refractivity contribution in [2.24, 2.45) is 5.73 Å². The van der Waals surface area contributed by atoms with Crippen molar-refractivity contribution in [1.82, 2.24) is 14.8 Å². The summed E-state index contributed by atoms with van der Waals surface area (Å²) in [7, 11) is 0. The summed E-state index contributed by atoms with van der Waals surface area (Å²) in [5.41, 5.74) is 7.09. The van der Waals surface area contributed by atoms with E-state index in [1.54, 1.807) is 10.9 Å². The lowest BCUT2D eigenvalue weighted by Gasteiger charge is -2.09. The minimum atomic E-state index is -0.0150. The van der Waals surface area contributed by atoms with Gasteiger partial charge in [-0.1, -0.05) is 18.2 Å². The number of nitrogen functional groups attached to an aromatic ring is 1. The predicted molar refractivity (Wildman–Crippen MR) is 82.6 cm³/mol. The molecule has 5 nitrogen and oxygen atoms in total. The molecular formula is C13H10IN5. The topological polar surface area (TPSA) is 80.6 Å². The molecule has 3 rings (SSSR count). The fraction of sp³-hybridized carbons (Fsp3) is 0. The number of fused-ring (bicyclic) bond motifs is 1. The Balaban J connectivity index is 2.32. The summed E-state index contributed by atoms with van der Waals surface area (Å²) < 4.78 is 2.65. The van der Waals surface area contributed by atoms with Crippen LogP contribution in [0.25, 0.3) is 16.7 Å². The summed E-state index contributed by atoms with van der Waals surface area (Å²) in [6.07, 6.45) is 3.59. The fourth-order valence-corrected chi connectivity index (χ4v) is 2.28. The summed E-state index contributed by atoms with van der Waals surface area (Å²) in [4.78, 5) is 4.56. The van der Waals surface area contributed by atoms with Crippen LogP contribution >= 0.6 is 22.6 Å². The molecule has 3 N–H and O–H groups in total. The molecule has 3 aromatic rings. The van der Waals surface area contributed by atoms with Gasteiger partial charge in [0.2, 0.25) is 0 Å². The molecule has 0 unspecified atom stereocenters. The minimum Gasteiger partial charge on any atom is -0.384 e. The molecule has 2 aromatic heterocycles. The first-order chi connectivity index (χ1) is 9.15. The van der Waals surface area contributed by atoms with Gasteiger partial charge in [-0.2, -0.15) is 5.10 Å². The highest BCUT2D eigenvalue weighted by Gasteiger charge is 2.12. The van der Waals surface area contributed by atoms with E-state index in [2.05, 4.69) is 32.7 Å². The van der Waals surface area contributed by atoms with Gasteiger partial charge in [-0.25, -0.2) is 9.67 Å². The first kappa shape index (κ1) is 12.1. The Labute approximate surface area is 123 Å². The maximum Gasteiger partial charge on any atom is 0.164 e. The highest BCUT2D eigenvalue weighted by Crippen LogP contribution is 2.19. The normalized spacial score (nSPS) is 10.8. The van der Waals surface area contributed by atoms with Crippen LogP contribution in [0.2, 0.25) is 0 Å². The summed E-state index contributed by atoms with van der Waals surface area (Å²) >= 11 is 2.18. The van der Waals surface area contributed by atoms with Crippen molar-refractivity contribution in [3.8, 4) is 5.82 Å². The van der Waals surface area contributed by atoms with Gasteiger partial charge < -0.3 is 5.73 Å². The van der Waals surface area contributed by atoms with E-state index in [0.29, 0.717) is 11.4 Å². The monoisotopic (exact) mass is 363 g/mol. The number of nitrogens with one attached hydrogen (secondary N) is 1. The molecule has 19 heavy (non-hydrogen) atoms. The number of halogens is 1. The lowest BCUT2D eigenvalue weighted by Crippen LogP contribution is -2.16. The van der Waals surface area contributed by atoms with Crippen molar-refractivity contribution < 1.29 is 0 Å². The van der Waals surface area contributed by atoms with Crippen molar-refractivity contribution >= 4 is 39.3 Å². The van der Waals surface area contributed by atoms with Gasteiger partial charge in [0.1, 0.15) is 5.84 Å². The zero-order valence-electron chi connectivity index (χ0n) is 9.84. The van der Waals surface area contributed by atoms with Gasteiger partial charge in [0.25, 0.3) is 0 Å². The van der Waals surface area contributed by atoms with Crippen molar-refractivity contribution in [1.29, 1.82) is 5.41 Å². The van der Waals surface area contributed by atoms with Gasteiger partial charge in [-0.05, 0) is 34.7 Å². The number of amidine groups is 1. The van der Waals surface area contributed by atoms with Crippen LogP contribution in [-0.4, -0.2) is 20.6 Å². The number of hydrogen-bond acceptors (Lipinski definition) is 3. The van der Waals surface area contributed by atoms with E-state index in [4.69, 9.17) is 11.1 Å². The fourth-order valence-electron chi connectivity index (χ4n) is 1.90. The van der Waals surface area contributed by atoms with Gasteiger partial charge in [0.15, 0.2) is 5.82 Å². The molecular weight excluding hydrogens is 353 g/mol. The van der Waals surface area contributed by atoms with Gasteiger partial charge in [-0.15, -0.1) is 0 Å². The molecule has 0 aliphatic heterocycles. The van der Waals surface area contributed by atoms with E-state index in [1.165, 1.54) is 0 Å². The van der Waals surface area contributed by atoms with E-state index in [9.17, 15) is 0 Å². The number of hydrogen-bond donors (Lipinski definition) is 2. The van der Waals surface area contributed by atoms with Crippen LogP contribution in [0.4, 0.5) is 0 Å². The van der Waals surface area contributed by atoms with Crippen molar-refractivity contribution in [2.45, 2.75) is 0 Å². The van der Waals surface area contributed by atoms with Crippen molar-refractivity contribution in [3.05, 3.63) is 51.9 Å². The summed E-state index contributed by atoms with van der Waals surface area (Å²) in [5.74, 6) is 0.563. The molecule has 2 heterocycles. The minimum absolute atomic E-state index is 0.0150. The largest absolute Gasteiger partial charge is 0.384 e. The molecule has 0 saturated heterocycles. The molecule has 0 aliphatic carbocycles. The molecule has 0 saturated carbocycles. The average Bonchev–Trinajstić information content (AvgIpc) is 2.83. The zero-order valence-corrected chi connectivity index (χ0v) is 12.0. The summed E-state index contributed by atoms with van der Waals surface area (Å²) in [6, 6.07) is 9.61. The molecule has 6 heteroatoms. The van der Waals surface area contributed by atoms with E-state index >= 15 is 0 Å². The molecule has 0 radical (unpaired) electrons. The van der Waals surface area contributed by atoms with Gasteiger partial charge in [-0.3, -0.25) is 5.41 Å². The molecule has 94 valence electrons. The third-order valence-electron chi connectivity index (χ3n) is 2.76. The van der Waals surface area contributed by atoms with E-state index in [-0.39, 0.29) is 5.84 Å². The van der Waals surface area contributed by atoms with Crippen LogP contribution in [-0.2, 0) is 0 Å². The van der Waals surface area contributed by atoms with Crippen LogP contribution in [0.15, 0.2) is 42.7 Å². The molecule has 0 atom stereocenters. The third kappa shape index (κ3) is 2.19. The quantitative estimate of drug-likeness (QED) is 0.417. The van der Waals surface area contributed by atoms with Crippen molar-refractivity contribution in [2.75, 3.05) is 0 Å². The second-order valence-corrected chi connectivity index (χ2v) is 5.31. The SMILES string of the molecule is N=C(N)c1cc2ccccc2nc1-n1cc(I)cn1. The Hall–Kier alpha value is -1.96. The maximum absolute atomic E-state index is 7.70. The Morgan fingerprint density at radius 3 is 2.79 bits per heavy atom. The number of nitrogens with two attached hydrogens (primary N) is 1. The van der Waals surface area contributed by atoms with Gasteiger partial charge >= 0.3 is 0 Å². The van der Waals surface area contributed by atoms with Crippen LogP contribution in [0.3, 0.4) is 0 Å². The smallest absolute Gasteiger partial charge is 0.164 e. The predicted octanol–water partition coefficient (Wildman–Crippen LogP) is 2.31. The van der Waals surface area contributed by atoms with Crippen LogP contribution < -0.4 is 5.73 Å². The number of benzene rings is 1. The Morgan fingerprint density at radius 1 is 1.32 bits per heavy atom. The van der Waals surface area contributed by atoms with Crippen LogP contribution in [0.5, 0.6) is 0 Å². The highest BCUT2D eigenvalue weighted by molar-refractivity contribution is 14.1. The Morgan fingerprint density at radius 2 is 2.11 bits per heavy atom. The molecule has 0 bridgehead atoms. The number of nitrogens with zero attached hydrogens (tertiary/aromatic N) is 3. The second-order valence-electron chi connectivity index (χ2n) is 4.07. The van der Waals surface area contributed by atoms with Crippen molar-refractivity contribution in [3.63, 3.8) is 0 Å². The van der Waals surface area contributed by atoms with E-state index < -0.39 is 0 Å². The van der Waals surface area contributed by atoms with Crippen LogP contribution in [0.1, 0.15) is 5.56 Å². The first-order valence-electron chi connectivity index (χ1n) is 5.60. The average molecular weight is 363 g/mol. The van der Waals surface area contributed by atoms with Crippen LogP contribution in [0, 0.1) is 8.98 Å². The van der Waals surface area contributed by atoms with Gasteiger partial charge in [0.05, 0.1) is 20.8 Å². The number of pyridine rings is 1. The second kappa shape index (κ2) is 4.61. The highest BCUT2D eigenvalue weighted by atomic mass is 127. The Bertz CT molecular complexity index is 778. The number of para-hydroxylation sites is 1. The van der Waals surface area contributed by atoms with E-state index in [1.807, 2.05) is 36.5 Å². The summed E-state index contributed by atoms with van der Waals surface area (Å²) in [6.45, 7) is 0. The standard InChI is InChI=1S/C13H10IN5/c14-9-6-17-19(7-9)13-10(12(15)16)5-8-3-1-2-4-11(8)18-13/h1-7H,(H3,15,16). The first-order valence-corrected chi connectivity index (χ1v) is 6.68. The third-order valence-corrected chi connectivity index (χ3v) is 3.32. The number of aromatic nitrogens is 3. The lowest BCUT2D eigenvalue weighted by atomic mass is 10.1. The molecule has 0 amide bonds. The summed E-state index contributed by atoms with van der Waals surface area (Å²) in [5, 5.41) is 12.9. The lowest BCUT2D eigenvalue weighted by molar-refractivity contribution is 0.849. The Kier molecular flexibility index (Phi) is 2.94. The molecule has 0 aliphatic rings.